The maximum Gasteiger partial charge on any atom is 0.292 e. The van der Waals surface area contributed by atoms with Gasteiger partial charge in [-0.25, -0.2) is 0 Å². The van der Waals surface area contributed by atoms with Crippen molar-refractivity contribution >= 4 is 17.3 Å². The molecule has 0 bridgehead atoms. The van der Waals surface area contributed by atoms with Gasteiger partial charge in [0.05, 0.1) is 17.6 Å². The Labute approximate surface area is 121 Å². The van der Waals surface area contributed by atoms with Crippen molar-refractivity contribution < 1.29 is 14.5 Å². The quantitative estimate of drug-likeness (QED) is 0.691. The maximum atomic E-state index is 12.3. The molecule has 6 nitrogen and oxygen atoms in total. The average Bonchev–Trinajstić information content (AvgIpc) is 2.47. The van der Waals surface area contributed by atoms with Gasteiger partial charge in [-0.05, 0) is 24.6 Å². The van der Waals surface area contributed by atoms with Crippen LogP contribution in [0.4, 0.5) is 11.4 Å². The van der Waals surface area contributed by atoms with Gasteiger partial charge in [-0.15, -0.1) is 0 Å². The fourth-order valence-electron chi connectivity index (χ4n) is 2.03. The minimum Gasteiger partial charge on any atom is -0.496 e. The number of rotatable bonds is 4. The molecular formula is C15H14N2O4. The summed E-state index contributed by atoms with van der Waals surface area (Å²) < 4.78 is 5.22. The first-order valence-corrected chi connectivity index (χ1v) is 6.23. The number of nitro groups is 1. The minimum atomic E-state index is -0.539. The number of carbonyl (C=O) groups excluding carboxylic acids is 1. The van der Waals surface area contributed by atoms with Crippen LogP contribution < -0.4 is 10.1 Å². The summed E-state index contributed by atoms with van der Waals surface area (Å²) in [7, 11) is 1.48. The van der Waals surface area contributed by atoms with Crippen LogP contribution in [0.2, 0.25) is 0 Å². The van der Waals surface area contributed by atoms with Crippen LogP contribution in [-0.2, 0) is 0 Å². The van der Waals surface area contributed by atoms with E-state index in [1.165, 1.54) is 19.2 Å². The van der Waals surface area contributed by atoms with E-state index in [9.17, 15) is 14.9 Å². The van der Waals surface area contributed by atoms with E-state index in [4.69, 9.17) is 4.74 Å². The van der Waals surface area contributed by atoms with E-state index < -0.39 is 10.8 Å². The van der Waals surface area contributed by atoms with Gasteiger partial charge in [-0.2, -0.15) is 0 Å². The lowest BCUT2D eigenvalue weighted by Gasteiger charge is -2.11. The smallest absolute Gasteiger partial charge is 0.292 e. The SMILES string of the molecule is COc1c(C)cccc1C(=O)Nc1ccccc1[N+](=O)[O-]. The summed E-state index contributed by atoms with van der Waals surface area (Å²) in [5.41, 5.74) is 1.14. The second-order valence-corrected chi connectivity index (χ2v) is 4.38. The molecule has 0 atom stereocenters. The molecular weight excluding hydrogens is 272 g/mol. The van der Waals surface area contributed by atoms with Gasteiger partial charge in [0.2, 0.25) is 0 Å². The highest BCUT2D eigenvalue weighted by Crippen LogP contribution is 2.27. The van der Waals surface area contributed by atoms with Crippen LogP contribution in [0.5, 0.6) is 5.75 Å². The fourth-order valence-corrected chi connectivity index (χ4v) is 2.03. The zero-order valence-electron chi connectivity index (χ0n) is 11.6. The predicted octanol–water partition coefficient (Wildman–Crippen LogP) is 3.16. The zero-order chi connectivity index (χ0) is 15.4. The molecule has 1 amide bonds. The lowest BCUT2D eigenvalue weighted by atomic mass is 10.1. The van der Waals surface area contributed by atoms with Crippen LogP contribution in [0.15, 0.2) is 42.5 Å². The van der Waals surface area contributed by atoms with Crippen LogP contribution in [0, 0.1) is 17.0 Å². The van der Waals surface area contributed by atoms with E-state index in [1.807, 2.05) is 13.0 Å². The zero-order valence-corrected chi connectivity index (χ0v) is 11.6. The summed E-state index contributed by atoms with van der Waals surface area (Å²) in [6.07, 6.45) is 0. The highest BCUT2D eigenvalue weighted by Gasteiger charge is 2.18. The molecule has 1 N–H and O–H groups in total. The summed E-state index contributed by atoms with van der Waals surface area (Å²) in [4.78, 5) is 22.7. The van der Waals surface area contributed by atoms with Gasteiger partial charge in [0.15, 0.2) is 0 Å². The third kappa shape index (κ3) is 3.00. The normalized spacial score (nSPS) is 10.0. The van der Waals surface area contributed by atoms with Crippen molar-refractivity contribution in [3.8, 4) is 5.75 Å². The molecule has 2 aromatic carbocycles. The number of hydrogen-bond donors (Lipinski definition) is 1. The number of carbonyl (C=O) groups is 1. The number of benzene rings is 2. The number of amides is 1. The average molecular weight is 286 g/mol. The first-order valence-electron chi connectivity index (χ1n) is 6.23. The Morgan fingerprint density at radius 1 is 1.19 bits per heavy atom. The van der Waals surface area contributed by atoms with Gasteiger partial charge in [0.25, 0.3) is 11.6 Å². The maximum absolute atomic E-state index is 12.3. The van der Waals surface area contributed by atoms with E-state index in [-0.39, 0.29) is 11.4 Å². The van der Waals surface area contributed by atoms with Gasteiger partial charge < -0.3 is 10.1 Å². The van der Waals surface area contributed by atoms with Crippen molar-refractivity contribution in [2.24, 2.45) is 0 Å². The number of hydrogen-bond acceptors (Lipinski definition) is 4. The third-order valence-corrected chi connectivity index (χ3v) is 3.01. The van der Waals surface area contributed by atoms with Gasteiger partial charge in [-0.1, -0.05) is 24.3 Å². The Balaban J connectivity index is 2.35. The number of methoxy groups -OCH3 is 1. The Hall–Kier alpha value is -2.89. The second-order valence-electron chi connectivity index (χ2n) is 4.38. The largest absolute Gasteiger partial charge is 0.496 e. The molecule has 6 heteroatoms. The Morgan fingerprint density at radius 2 is 1.90 bits per heavy atom. The Kier molecular flexibility index (Phi) is 4.18. The summed E-state index contributed by atoms with van der Waals surface area (Å²) in [5, 5.41) is 13.5. The highest BCUT2D eigenvalue weighted by molar-refractivity contribution is 6.07. The first-order chi connectivity index (χ1) is 10.0. The summed E-state index contributed by atoms with van der Waals surface area (Å²) in [5.74, 6) is -0.00145. The van der Waals surface area contributed by atoms with Gasteiger partial charge in [-0.3, -0.25) is 14.9 Å². The van der Waals surface area contributed by atoms with E-state index in [0.717, 1.165) is 5.56 Å². The molecule has 0 aliphatic heterocycles. The molecule has 0 fully saturated rings. The standard InChI is InChI=1S/C15H14N2O4/c1-10-6-5-7-11(14(10)21-2)15(18)16-12-8-3-4-9-13(12)17(19)20/h3-9H,1-2H3,(H,16,18). The minimum absolute atomic E-state index is 0.149. The van der Waals surface area contributed by atoms with Crippen LogP contribution in [0.3, 0.4) is 0 Å². The van der Waals surface area contributed by atoms with Gasteiger partial charge in [0, 0.05) is 6.07 Å². The lowest BCUT2D eigenvalue weighted by molar-refractivity contribution is -0.383. The molecule has 0 unspecified atom stereocenters. The second kappa shape index (κ2) is 6.04. The molecule has 2 rings (SSSR count). The Morgan fingerprint density at radius 3 is 2.57 bits per heavy atom. The molecule has 0 aromatic heterocycles. The van der Waals surface area contributed by atoms with E-state index >= 15 is 0 Å². The number of para-hydroxylation sites is 3. The summed E-state index contributed by atoms with van der Waals surface area (Å²) in [6, 6.07) is 11.1. The highest BCUT2D eigenvalue weighted by atomic mass is 16.6. The number of nitrogens with one attached hydrogen (secondary N) is 1. The van der Waals surface area contributed by atoms with Crippen molar-refractivity contribution in [3.63, 3.8) is 0 Å². The number of nitrogens with zero attached hydrogens (tertiary/aromatic N) is 1. The number of nitro benzene ring substituents is 1. The number of anilines is 1. The summed E-state index contributed by atoms with van der Waals surface area (Å²) in [6.45, 7) is 1.82. The molecule has 0 saturated carbocycles. The van der Waals surface area contributed by atoms with Crippen LogP contribution >= 0.6 is 0 Å². The molecule has 21 heavy (non-hydrogen) atoms. The van der Waals surface area contributed by atoms with Crippen molar-refractivity contribution in [2.45, 2.75) is 6.92 Å². The Bertz CT molecular complexity index is 698. The first kappa shape index (κ1) is 14.5. The van der Waals surface area contributed by atoms with Crippen LogP contribution in [0.25, 0.3) is 0 Å². The van der Waals surface area contributed by atoms with Gasteiger partial charge in [0.1, 0.15) is 11.4 Å². The van der Waals surface area contributed by atoms with Crippen molar-refractivity contribution in [2.75, 3.05) is 12.4 Å². The van der Waals surface area contributed by atoms with Crippen molar-refractivity contribution in [1.29, 1.82) is 0 Å². The van der Waals surface area contributed by atoms with Crippen LogP contribution in [-0.4, -0.2) is 17.9 Å². The molecule has 2 aromatic rings. The molecule has 0 radical (unpaired) electrons. The molecule has 0 heterocycles. The topological polar surface area (TPSA) is 81.5 Å². The van der Waals surface area contributed by atoms with Crippen molar-refractivity contribution in [3.05, 3.63) is 63.7 Å². The number of aryl methyl sites for hydroxylation is 1. The lowest BCUT2D eigenvalue weighted by Crippen LogP contribution is -2.14. The molecule has 0 aliphatic rings. The van der Waals surface area contributed by atoms with Crippen LogP contribution in [0.1, 0.15) is 15.9 Å². The monoisotopic (exact) mass is 286 g/mol. The number of ether oxygens (including phenoxy) is 1. The molecule has 108 valence electrons. The molecule has 0 saturated heterocycles. The van der Waals surface area contributed by atoms with E-state index in [2.05, 4.69) is 5.32 Å². The molecule has 0 spiro atoms. The van der Waals surface area contributed by atoms with E-state index in [0.29, 0.717) is 11.3 Å². The third-order valence-electron chi connectivity index (χ3n) is 3.01. The predicted molar refractivity (Wildman–Crippen MR) is 78.8 cm³/mol. The van der Waals surface area contributed by atoms with Crippen molar-refractivity contribution in [1.82, 2.24) is 0 Å². The fraction of sp³-hybridized carbons (Fsp3) is 0.133. The summed E-state index contributed by atoms with van der Waals surface area (Å²) >= 11 is 0. The van der Waals surface area contributed by atoms with Gasteiger partial charge >= 0.3 is 0 Å². The molecule has 0 aliphatic carbocycles. The van der Waals surface area contributed by atoms with E-state index in [1.54, 1.807) is 24.3 Å².